The Hall–Kier alpha value is -0.280. The Kier molecular flexibility index (Phi) is 5.75. The summed E-state index contributed by atoms with van der Waals surface area (Å²) in [5.74, 6) is -1.36. The summed E-state index contributed by atoms with van der Waals surface area (Å²) >= 11 is 0. The van der Waals surface area contributed by atoms with Gasteiger partial charge >= 0.3 is 0 Å². The summed E-state index contributed by atoms with van der Waals surface area (Å²) in [5, 5.41) is 0. The van der Waals surface area contributed by atoms with E-state index in [9.17, 15) is 0 Å². The first-order chi connectivity index (χ1) is 11.7. The molecule has 0 bridgehead atoms. The van der Waals surface area contributed by atoms with Crippen LogP contribution in [0.1, 0.15) is 54.4 Å². The average Bonchev–Trinajstić information content (AvgIpc) is 2.99. The zero-order chi connectivity index (χ0) is 18.2. The van der Waals surface area contributed by atoms with E-state index in [1.807, 2.05) is 41.5 Å². The lowest BCUT2D eigenvalue weighted by molar-refractivity contribution is -0.239. The summed E-state index contributed by atoms with van der Waals surface area (Å²) in [4.78, 5) is 0. The zero-order valence-electron chi connectivity index (χ0n) is 16.2. The van der Waals surface area contributed by atoms with Crippen molar-refractivity contribution in [2.24, 2.45) is 0 Å². The van der Waals surface area contributed by atoms with Crippen molar-refractivity contribution in [3.8, 4) is 0 Å². The van der Waals surface area contributed by atoms with Crippen LogP contribution >= 0.6 is 0 Å². The zero-order valence-corrected chi connectivity index (χ0v) is 16.2. The Labute approximate surface area is 150 Å². The lowest BCUT2D eigenvalue weighted by atomic mass is 9.96. The van der Waals surface area contributed by atoms with E-state index in [4.69, 9.17) is 33.2 Å². The monoisotopic (exact) mass is 360 g/mol. The molecular formula is C18H32O7. The van der Waals surface area contributed by atoms with Gasteiger partial charge in [-0.2, -0.15) is 0 Å². The Balaban J connectivity index is 1.69. The van der Waals surface area contributed by atoms with Crippen molar-refractivity contribution < 1.29 is 33.2 Å². The molecule has 25 heavy (non-hydrogen) atoms. The molecule has 0 aliphatic carbocycles. The summed E-state index contributed by atoms with van der Waals surface area (Å²) in [6.07, 6.45) is -0.0738. The van der Waals surface area contributed by atoms with E-state index >= 15 is 0 Å². The average molecular weight is 360 g/mol. The van der Waals surface area contributed by atoms with Crippen LogP contribution in [0.15, 0.2) is 0 Å². The minimum Gasteiger partial charge on any atom is -0.353 e. The Morgan fingerprint density at radius 2 is 1.36 bits per heavy atom. The molecule has 0 radical (unpaired) electrons. The quantitative estimate of drug-likeness (QED) is 0.647. The second-order valence-electron chi connectivity index (χ2n) is 7.63. The fourth-order valence-corrected chi connectivity index (χ4v) is 3.81. The molecule has 0 aromatic rings. The fraction of sp³-hybridized carbons (Fsp3) is 1.00. The molecule has 3 aliphatic heterocycles. The van der Waals surface area contributed by atoms with E-state index in [0.717, 1.165) is 12.8 Å². The molecule has 7 heteroatoms. The molecule has 3 rings (SSSR count). The van der Waals surface area contributed by atoms with Gasteiger partial charge in [0, 0.05) is 19.6 Å². The normalized spacial score (nSPS) is 38.8. The maximum atomic E-state index is 6.20. The van der Waals surface area contributed by atoms with Gasteiger partial charge in [-0.25, -0.2) is 0 Å². The molecule has 0 amide bonds. The van der Waals surface area contributed by atoms with Crippen LogP contribution in [0, 0.1) is 0 Å². The molecule has 0 aromatic carbocycles. The number of hydrogen-bond donors (Lipinski definition) is 0. The second-order valence-corrected chi connectivity index (χ2v) is 7.63. The molecule has 0 unspecified atom stereocenters. The minimum atomic E-state index is -0.690. The fourth-order valence-electron chi connectivity index (χ4n) is 3.81. The first kappa shape index (κ1) is 19.5. The summed E-state index contributed by atoms with van der Waals surface area (Å²) in [6, 6.07) is 0. The second kappa shape index (κ2) is 7.38. The van der Waals surface area contributed by atoms with E-state index in [2.05, 4.69) is 0 Å². The van der Waals surface area contributed by atoms with Crippen LogP contribution in [0.2, 0.25) is 0 Å². The molecule has 0 saturated carbocycles. The third-order valence-corrected chi connectivity index (χ3v) is 4.64. The molecule has 5 atom stereocenters. The van der Waals surface area contributed by atoms with Crippen molar-refractivity contribution in [2.75, 3.05) is 13.2 Å². The van der Waals surface area contributed by atoms with E-state index in [0.29, 0.717) is 13.2 Å². The van der Waals surface area contributed by atoms with E-state index in [1.165, 1.54) is 0 Å². The Bertz CT molecular complexity index is 447. The van der Waals surface area contributed by atoms with Gasteiger partial charge < -0.3 is 33.2 Å². The molecule has 3 heterocycles. The molecule has 3 fully saturated rings. The molecule has 0 aromatic heterocycles. The smallest absolute Gasteiger partial charge is 0.190 e. The predicted octanol–water partition coefficient (Wildman–Crippen LogP) is 2.56. The number of rotatable bonds is 7. The van der Waals surface area contributed by atoms with Gasteiger partial charge in [0.2, 0.25) is 0 Å². The van der Waals surface area contributed by atoms with Gasteiger partial charge in [0.05, 0.1) is 6.10 Å². The van der Waals surface area contributed by atoms with Crippen molar-refractivity contribution in [3.63, 3.8) is 0 Å². The van der Waals surface area contributed by atoms with E-state index in [1.54, 1.807) is 0 Å². The lowest BCUT2D eigenvalue weighted by Crippen LogP contribution is -2.55. The number of fused-ring (bicyclic) bond motifs is 3. The van der Waals surface area contributed by atoms with Crippen LogP contribution in [0.3, 0.4) is 0 Å². The molecule has 0 spiro atoms. The van der Waals surface area contributed by atoms with Gasteiger partial charge in [-0.05, 0) is 48.0 Å². The number of ether oxygens (including phenoxy) is 7. The highest BCUT2D eigenvalue weighted by molar-refractivity contribution is 5.00. The third kappa shape index (κ3) is 4.35. The SMILES string of the molecule is CCOC(CC[C@H]1O[C@@H]2OC(C)(C)O[C@@H]2[C@H]2OC(C)(C)O[C@H]21)OCC. The van der Waals surface area contributed by atoms with Crippen LogP contribution in [-0.4, -0.2) is 61.8 Å². The minimum absolute atomic E-state index is 0.158. The highest BCUT2D eigenvalue weighted by Crippen LogP contribution is 2.44. The largest absolute Gasteiger partial charge is 0.353 e. The van der Waals surface area contributed by atoms with Crippen LogP contribution in [0.5, 0.6) is 0 Å². The first-order valence-electron chi connectivity index (χ1n) is 9.34. The highest BCUT2D eigenvalue weighted by atomic mass is 16.9. The number of hydrogen-bond acceptors (Lipinski definition) is 7. The van der Waals surface area contributed by atoms with Crippen LogP contribution in [-0.2, 0) is 33.2 Å². The van der Waals surface area contributed by atoms with Gasteiger partial charge in [0.1, 0.15) is 18.3 Å². The van der Waals surface area contributed by atoms with E-state index < -0.39 is 17.9 Å². The van der Waals surface area contributed by atoms with Gasteiger partial charge in [-0.1, -0.05) is 0 Å². The van der Waals surface area contributed by atoms with Crippen molar-refractivity contribution in [2.45, 2.75) is 103 Å². The lowest BCUT2D eigenvalue weighted by Gasteiger charge is -2.37. The van der Waals surface area contributed by atoms with Crippen molar-refractivity contribution in [1.29, 1.82) is 0 Å². The van der Waals surface area contributed by atoms with Gasteiger partial charge in [0.25, 0.3) is 0 Å². The predicted molar refractivity (Wildman–Crippen MR) is 88.8 cm³/mol. The standard InChI is InChI=1S/C18H32O7/c1-7-19-12(20-8-2)10-9-11-13-14(23-17(3,4)22-13)15-16(21-11)25-18(5,6)24-15/h11-16H,7-10H2,1-6H3/t11-,13+,14+,15-,16-/m1/s1. The topological polar surface area (TPSA) is 64.6 Å². The summed E-state index contributed by atoms with van der Waals surface area (Å²) in [7, 11) is 0. The van der Waals surface area contributed by atoms with Gasteiger partial charge in [-0.3, -0.25) is 0 Å². The molecule has 7 nitrogen and oxygen atoms in total. The molecule has 146 valence electrons. The third-order valence-electron chi connectivity index (χ3n) is 4.64. The molecule has 3 aliphatic rings. The summed E-state index contributed by atoms with van der Waals surface area (Å²) in [6.45, 7) is 12.8. The maximum absolute atomic E-state index is 6.20. The van der Waals surface area contributed by atoms with Crippen molar-refractivity contribution >= 4 is 0 Å². The Morgan fingerprint density at radius 3 is 2.00 bits per heavy atom. The molecule has 3 saturated heterocycles. The van der Waals surface area contributed by atoms with Gasteiger partial charge in [0.15, 0.2) is 24.2 Å². The van der Waals surface area contributed by atoms with Crippen molar-refractivity contribution in [1.82, 2.24) is 0 Å². The van der Waals surface area contributed by atoms with Crippen LogP contribution in [0.25, 0.3) is 0 Å². The summed E-state index contributed by atoms with van der Waals surface area (Å²) in [5.41, 5.74) is 0. The molecule has 0 N–H and O–H groups in total. The van der Waals surface area contributed by atoms with Crippen LogP contribution < -0.4 is 0 Å². The van der Waals surface area contributed by atoms with Gasteiger partial charge in [-0.15, -0.1) is 0 Å². The van der Waals surface area contributed by atoms with Crippen LogP contribution in [0.4, 0.5) is 0 Å². The highest BCUT2D eigenvalue weighted by Gasteiger charge is 2.60. The molecular weight excluding hydrogens is 328 g/mol. The first-order valence-corrected chi connectivity index (χ1v) is 9.34. The maximum Gasteiger partial charge on any atom is 0.190 e. The van der Waals surface area contributed by atoms with E-state index in [-0.39, 0.29) is 30.7 Å². The van der Waals surface area contributed by atoms with Crippen molar-refractivity contribution in [3.05, 3.63) is 0 Å². The Morgan fingerprint density at radius 1 is 0.800 bits per heavy atom. The summed E-state index contributed by atoms with van der Waals surface area (Å²) < 4.78 is 41.7.